The monoisotopic (exact) mass is 502 g/mol. The van der Waals surface area contributed by atoms with Crippen LogP contribution in [-0.4, -0.2) is 71.5 Å². The maximum absolute atomic E-state index is 12.6. The van der Waals surface area contributed by atoms with Gasteiger partial charge in [-0.3, -0.25) is 8.37 Å². The lowest BCUT2D eigenvalue weighted by Crippen LogP contribution is -2.60. The molecule has 1 heterocycles. The number of aliphatic hydroxyl groups excluding tert-OH is 2. The fraction of sp³-hybridized carbons (Fsp3) is 0.429. The molecular weight excluding hydrogens is 476 g/mol. The fourth-order valence-electron chi connectivity index (χ4n) is 3.17. The van der Waals surface area contributed by atoms with Gasteiger partial charge < -0.3 is 19.7 Å². The summed E-state index contributed by atoms with van der Waals surface area (Å²) in [6.07, 6.45) is -7.88. The molecule has 1 saturated heterocycles. The number of methoxy groups -OCH3 is 1. The van der Waals surface area contributed by atoms with Gasteiger partial charge in [-0.15, -0.1) is 0 Å². The largest absolute Gasteiger partial charge is 0.387 e. The molecule has 1 aliphatic heterocycles. The van der Waals surface area contributed by atoms with Crippen LogP contribution in [0.25, 0.3) is 0 Å². The quantitative estimate of drug-likeness (QED) is 0.499. The molecule has 2 aromatic rings. The molecule has 0 bridgehead atoms. The zero-order chi connectivity index (χ0) is 24.4. The third-order valence-electron chi connectivity index (χ3n) is 5.12. The van der Waals surface area contributed by atoms with Crippen molar-refractivity contribution < 1.29 is 44.9 Å². The number of aliphatic hydroxyl groups is 2. The molecule has 10 nitrogen and oxygen atoms in total. The molecule has 0 spiro atoms. The molecule has 3 rings (SSSR count). The highest BCUT2D eigenvalue weighted by atomic mass is 32.2. The first-order valence-electron chi connectivity index (χ1n) is 9.95. The van der Waals surface area contributed by atoms with Crippen LogP contribution in [0.1, 0.15) is 11.1 Å². The van der Waals surface area contributed by atoms with Gasteiger partial charge in [-0.05, 0) is 38.1 Å². The predicted molar refractivity (Wildman–Crippen MR) is 115 cm³/mol. The van der Waals surface area contributed by atoms with E-state index in [1.54, 1.807) is 38.1 Å². The first-order valence-corrected chi connectivity index (χ1v) is 12.8. The average molecular weight is 503 g/mol. The first kappa shape index (κ1) is 25.7. The van der Waals surface area contributed by atoms with E-state index in [4.69, 9.17) is 17.8 Å². The van der Waals surface area contributed by atoms with Gasteiger partial charge in [0.2, 0.25) is 0 Å². The van der Waals surface area contributed by atoms with Crippen LogP contribution in [0, 0.1) is 13.8 Å². The number of rotatable bonds is 8. The van der Waals surface area contributed by atoms with Gasteiger partial charge >= 0.3 is 0 Å². The number of benzene rings is 2. The zero-order valence-electron chi connectivity index (χ0n) is 18.2. The van der Waals surface area contributed by atoms with E-state index in [2.05, 4.69) is 0 Å². The summed E-state index contributed by atoms with van der Waals surface area (Å²) in [5.41, 5.74) is 1.70. The Balaban J connectivity index is 1.72. The average Bonchev–Trinajstić information content (AvgIpc) is 2.77. The summed E-state index contributed by atoms with van der Waals surface area (Å²) in [7, 11) is -7.31. The van der Waals surface area contributed by atoms with Gasteiger partial charge in [-0.25, -0.2) is 0 Å². The Morgan fingerprint density at radius 2 is 1.30 bits per heavy atom. The molecule has 0 radical (unpaired) electrons. The number of aryl methyl sites for hydroxylation is 2. The van der Waals surface area contributed by atoms with Crippen molar-refractivity contribution in [3.8, 4) is 0 Å². The van der Waals surface area contributed by atoms with Crippen molar-refractivity contribution in [1.29, 1.82) is 0 Å². The summed E-state index contributed by atoms with van der Waals surface area (Å²) in [5, 5.41) is 21.0. The summed E-state index contributed by atoms with van der Waals surface area (Å²) < 4.78 is 70.7. The number of hydrogen-bond acceptors (Lipinski definition) is 10. The normalized spacial score (nSPS) is 26.3. The van der Waals surface area contributed by atoms with Gasteiger partial charge in [0.05, 0.1) is 16.4 Å². The molecule has 1 fully saturated rings. The van der Waals surface area contributed by atoms with Crippen molar-refractivity contribution in [3.63, 3.8) is 0 Å². The molecule has 5 atom stereocenters. The molecule has 2 N–H and O–H groups in total. The maximum atomic E-state index is 12.6. The Kier molecular flexibility index (Phi) is 7.91. The van der Waals surface area contributed by atoms with Gasteiger partial charge in [-0.2, -0.15) is 16.8 Å². The van der Waals surface area contributed by atoms with Gasteiger partial charge in [0.15, 0.2) is 12.4 Å². The molecule has 0 amide bonds. The third kappa shape index (κ3) is 5.97. The fourth-order valence-corrected chi connectivity index (χ4v) is 5.17. The van der Waals surface area contributed by atoms with E-state index >= 15 is 0 Å². The maximum Gasteiger partial charge on any atom is 0.297 e. The van der Waals surface area contributed by atoms with Crippen molar-refractivity contribution >= 4 is 20.2 Å². The standard InChI is InChI=1S/C21H26O10S2/c1-13-4-8-15(9-5-13)32(24,25)29-12-17-18(22)19(23)20(21(28-3)30-17)31-33(26,27)16-10-6-14(2)7-11-16/h4-11,17-23H,12H2,1-3H3/t17-,18-,19+,20+,21+/m1/s1. The van der Waals surface area contributed by atoms with Crippen molar-refractivity contribution in [1.82, 2.24) is 0 Å². The molecule has 12 heteroatoms. The summed E-state index contributed by atoms with van der Waals surface area (Å²) >= 11 is 0. The predicted octanol–water partition coefficient (Wildman–Crippen LogP) is 0.876. The second-order valence-corrected chi connectivity index (χ2v) is 10.8. The van der Waals surface area contributed by atoms with E-state index in [0.29, 0.717) is 0 Å². The molecular formula is C21H26O10S2. The Labute approximate surface area is 192 Å². The van der Waals surface area contributed by atoms with E-state index in [1.165, 1.54) is 31.4 Å². The van der Waals surface area contributed by atoms with Crippen LogP contribution in [0.2, 0.25) is 0 Å². The van der Waals surface area contributed by atoms with Crippen LogP contribution in [0.4, 0.5) is 0 Å². The molecule has 1 aliphatic rings. The third-order valence-corrected chi connectivity index (χ3v) is 7.74. The lowest BCUT2D eigenvalue weighted by molar-refractivity contribution is -0.286. The van der Waals surface area contributed by atoms with E-state index in [9.17, 15) is 27.0 Å². The topological polar surface area (TPSA) is 146 Å². The van der Waals surface area contributed by atoms with Crippen molar-refractivity contribution in [2.75, 3.05) is 13.7 Å². The Morgan fingerprint density at radius 1 is 0.818 bits per heavy atom. The minimum absolute atomic E-state index is 0.0901. The summed E-state index contributed by atoms with van der Waals surface area (Å²) in [6.45, 7) is 2.94. The second kappa shape index (κ2) is 10.2. The highest BCUT2D eigenvalue weighted by Gasteiger charge is 2.48. The summed E-state index contributed by atoms with van der Waals surface area (Å²) in [4.78, 5) is -0.244. The van der Waals surface area contributed by atoms with Crippen molar-refractivity contribution in [3.05, 3.63) is 59.7 Å². The SMILES string of the molecule is CO[C@H]1O[C@H](COS(=O)(=O)c2ccc(C)cc2)[C@@H](O)[C@H](O)[C@@H]1OS(=O)(=O)c1ccc(C)cc1. The highest BCUT2D eigenvalue weighted by Crippen LogP contribution is 2.28. The number of ether oxygens (including phenoxy) is 2. The molecule has 182 valence electrons. The van der Waals surface area contributed by atoms with Crippen LogP contribution in [0.5, 0.6) is 0 Å². The molecule has 33 heavy (non-hydrogen) atoms. The minimum Gasteiger partial charge on any atom is -0.387 e. The van der Waals surface area contributed by atoms with Crippen LogP contribution in [0.15, 0.2) is 58.3 Å². The summed E-state index contributed by atoms with van der Waals surface area (Å²) in [6, 6.07) is 11.8. The van der Waals surface area contributed by atoms with Crippen LogP contribution in [0.3, 0.4) is 0 Å². The summed E-state index contributed by atoms with van der Waals surface area (Å²) in [5.74, 6) is 0. The smallest absolute Gasteiger partial charge is 0.297 e. The molecule has 0 aromatic heterocycles. The lowest BCUT2D eigenvalue weighted by Gasteiger charge is -2.41. The van der Waals surface area contributed by atoms with Gasteiger partial charge in [0.1, 0.15) is 18.3 Å². The molecule has 0 unspecified atom stereocenters. The Hall–Kier alpha value is -1.90. The molecule has 0 aliphatic carbocycles. The molecule has 0 saturated carbocycles. The highest BCUT2D eigenvalue weighted by molar-refractivity contribution is 7.87. The van der Waals surface area contributed by atoms with E-state index in [0.717, 1.165) is 11.1 Å². The van der Waals surface area contributed by atoms with E-state index in [1.807, 2.05) is 0 Å². The zero-order valence-corrected chi connectivity index (χ0v) is 19.8. The van der Waals surface area contributed by atoms with Gasteiger partial charge in [-0.1, -0.05) is 35.4 Å². The van der Waals surface area contributed by atoms with Gasteiger partial charge in [0.25, 0.3) is 20.2 Å². The van der Waals surface area contributed by atoms with Gasteiger partial charge in [0, 0.05) is 7.11 Å². The molecule has 2 aromatic carbocycles. The first-order chi connectivity index (χ1) is 15.4. The van der Waals surface area contributed by atoms with Crippen LogP contribution >= 0.6 is 0 Å². The van der Waals surface area contributed by atoms with Crippen molar-refractivity contribution in [2.24, 2.45) is 0 Å². The van der Waals surface area contributed by atoms with Crippen LogP contribution < -0.4 is 0 Å². The second-order valence-electron chi connectivity index (χ2n) is 7.64. The van der Waals surface area contributed by atoms with Crippen LogP contribution in [-0.2, 0) is 38.1 Å². The lowest BCUT2D eigenvalue weighted by atomic mass is 9.99. The Bertz CT molecular complexity index is 1140. The van der Waals surface area contributed by atoms with E-state index in [-0.39, 0.29) is 9.79 Å². The Morgan fingerprint density at radius 3 is 1.79 bits per heavy atom. The minimum atomic E-state index is -4.33. The van der Waals surface area contributed by atoms with E-state index < -0.39 is 57.5 Å². The van der Waals surface area contributed by atoms with Crippen molar-refractivity contribution in [2.45, 2.75) is 54.3 Å². The number of hydrogen-bond donors (Lipinski definition) is 2.